The molecule has 104 valence electrons. The molecule has 3 aromatic heterocycles. The van der Waals surface area contributed by atoms with Crippen LogP contribution < -0.4 is 11.0 Å². The average molecular weight is 283 g/mol. The molecule has 0 aromatic carbocycles. The van der Waals surface area contributed by atoms with Crippen molar-refractivity contribution in [1.29, 1.82) is 5.26 Å². The number of nitriles is 1. The van der Waals surface area contributed by atoms with Crippen LogP contribution in [0.1, 0.15) is 0 Å². The summed E-state index contributed by atoms with van der Waals surface area (Å²) in [6.07, 6.45) is 4.55. The van der Waals surface area contributed by atoms with Crippen LogP contribution in [-0.2, 0) is 0 Å². The molecule has 3 rings (SSSR count). The minimum Gasteiger partial charge on any atom is -0.323 e. The highest BCUT2D eigenvalue weighted by Crippen LogP contribution is 2.23. The normalized spacial score (nSPS) is 10.4. The Hall–Kier alpha value is -3.41. The van der Waals surface area contributed by atoms with Gasteiger partial charge in [-0.25, -0.2) is 14.6 Å². The Balaban J connectivity index is 2.00. The van der Waals surface area contributed by atoms with Gasteiger partial charge in [0, 0.05) is 23.5 Å². The highest BCUT2D eigenvalue weighted by molar-refractivity contribution is 5.89. The summed E-state index contributed by atoms with van der Waals surface area (Å²) in [6, 6.07) is 3.01. The van der Waals surface area contributed by atoms with Crippen molar-refractivity contribution < 1.29 is 4.79 Å². The Morgan fingerprint density at radius 1 is 1.48 bits per heavy atom. The van der Waals surface area contributed by atoms with Gasteiger partial charge in [-0.05, 0) is 6.07 Å². The summed E-state index contributed by atoms with van der Waals surface area (Å²) in [7, 11) is 0. The first-order chi connectivity index (χ1) is 10.2. The molecule has 0 radical (unpaired) electrons. The fourth-order valence-electron chi connectivity index (χ4n) is 1.95. The number of fused-ring (bicyclic) bond motifs is 1. The molecule has 0 saturated carbocycles. The number of hydrogen-bond donors (Lipinski definition) is 3. The van der Waals surface area contributed by atoms with Crippen molar-refractivity contribution in [2.45, 2.75) is 0 Å². The Kier molecular flexibility index (Phi) is 2.96. The number of H-pyrrole nitrogens is 2. The second-order valence-corrected chi connectivity index (χ2v) is 4.15. The number of aromatic amines is 2. The molecule has 0 atom stereocenters. The maximum Gasteiger partial charge on any atom is 0.342 e. The highest BCUT2D eigenvalue weighted by Gasteiger charge is 2.12. The van der Waals surface area contributed by atoms with Crippen molar-refractivity contribution >= 4 is 17.2 Å². The Morgan fingerprint density at radius 3 is 3.14 bits per heavy atom. The molecule has 9 nitrogen and oxygen atoms in total. The number of hydrogen-bond acceptors (Lipinski definition) is 5. The predicted octanol–water partition coefficient (Wildman–Crippen LogP) is 0.196. The zero-order valence-corrected chi connectivity index (χ0v) is 10.6. The van der Waals surface area contributed by atoms with Gasteiger partial charge in [-0.2, -0.15) is 15.0 Å². The quantitative estimate of drug-likeness (QED) is 0.578. The number of nitrogens with zero attached hydrogens (tertiary/aromatic N) is 4. The molecule has 3 heterocycles. The van der Waals surface area contributed by atoms with Crippen LogP contribution in [0.4, 0.5) is 4.79 Å². The van der Waals surface area contributed by atoms with Gasteiger partial charge in [-0.1, -0.05) is 0 Å². The van der Waals surface area contributed by atoms with E-state index in [-0.39, 0.29) is 12.2 Å². The summed E-state index contributed by atoms with van der Waals surface area (Å²) >= 11 is 0. The minimum absolute atomic E-state index is 0.0986. The number of amides is 1. The van der Waals surface area contributed by atoms with E-state index in [0.717, 1.165) is 4.68 Å². The van der Waals surface area contributed by atoms with Crippen LogP contribution in [0.15, 0.2) is 29.5 Å². The van der Waals surface area contributed by atoms with E-state index in [1.165, 1.54) is 12.4 Å². The van der Waals surface area contributed by atoms with Gasteiger partial charge in [-0.15, -0.1) is 0 Å². The summed E-state index contributed by atoms with van der Waals surface area (Å²) in [5.41, 5.74) is 1.95. The third-order valence-electron chi connectivity index (χ3n) is 2.84. The van der Waals surface area contributed by atoms with Crippen molar-refractivity contribution in [3.8, 4) is 17.2 Å². The lowest BCUT2D eigenvalue weighted by Crippen LogP contribution is -2.28. The van der Waals surface area contributed by atoms with Crippen molar-refractivity contribution in [2.24, 2.45) is 0 Å². The average Bonchev–Trinajstić information content (AvgIpc) is 3.09. The molecule has 0 aliphatic carbocycles. The molecule has 3 N–H and O–H groups in total. The zero-order valence-electron chi connectivity index (χ0n) is 10.6. The molecule has 1 amide bonds. The molecule has 0 spiro atoms. The van der Waals surface area contributed by atoms with Gasteiger partial charge >= 0.3 is 11.7 Å². The van der Waals surface area contributed by atoms with Gasteiger partial charge in [0.1, 0.15) is 6.54 Å². The summed E-state index contributed by atoms with van der Waals surface area (Å²) in [4.78, 5) is 32.3. The maximum atomic E-state index is 11.7. The van der Waals surface area contributed by atoms with Crippen molar-refractivity contribution in [2.75, 3.05) is 6.54 Å². The number of carbonyl (C=O) groups is 1. The van der Waals surface area contributed by atoms with E-state index < -0.39 is 6.03 Å². The second kappa shape index (κ2) is 4.93. The second-order valence-electron chi connectivity index (χ2n) is 4.15. The van der Waals surface area contributed by atoms with Crippen LogP contribution in [0.3, 0.4) is 0 Å². The SMILES string of the molecule is N#CCNC(=O)n1cc(-c2ccnc3[nH]c(=O)[nH]c23)cn1. The van der Waals surface area contributed by atoms with Gasteiger partial charge in [-0.3, -0.25) is 4.98 Å². The van der Waals surface area contributed by atoms with E-state index in [0.29, 0.717) is 22.3 Å². The Morgan fingerprint density at radius 2 is 2.33 bits per heavy atom. The molecule has 21 heavy (non-hydrogen) atoms. The lowest BCUT2D eigenvalue weighted by molar-refractivity contribution is 0.240. The van der Waals surface area contributed by atoms with Crippen LogP contribution in [-0.4, -0.2) is 37.3 Å². The zero-order chi connectivity index (χ0) is 14.8. The van der Waals surface area contributed by atoms with E-state index in [9.17, 15) is 9.59 Å². The van der Waals surface area contributed by atoms with Crippen LogP contribution >= 0.6 is 0 Å². The standard InChI is InChI=1S/C12H9N7O2/c13-2-4-15-12(21)19-6-7(5-16-19)8-1-3-14-10-9(8)17-11(20)18-10/h1,3,5-6H,4H2,(H,15,21)(H2,14,17,18,20). The van der Waals surface area contributed by atoms with Crippen molar-refractivity contribution in [3.63, 3.8) is 0 Å². The van der Waals surface area contributed by atoms with Crippen LogP contribution in [0.2, 0.25) is 0 Å². The molecule has 0 aliphatic rings. The topological polar surface area (TPSA) is 132 Å². The van der Waals surface area contributed by atoms with E-state index in [1.807, 2.05) is 6.07 Å². The number of rotatable bonds is 2. The number of aromatic nitrogens is 5. The van der Waals surface area contributed by atoms with Crippen LogP contribution in [0.25, 0.3) is 22.3 Å². The van der Waals surface area contributed by atoms with E-state index >= 15 is 0 Å². The smallest absolute Gasteiger partial charge is 0.323 e. The van der Waals surface area contributed by atoms with Gasteiger partial charge in [0.2, 0.25) is 0 Å². The van der Waals surface area contributed by atoms with Gasteiger partial charge in [0.25, 0.3) is 0 Å². The first-order valence-electron chi connectivity index (χ1n) is 5.96. The van der Waals surface area contributed by atoms with Gasteiger partial charge < -0.3 is 10.3 Å². The van der Waals surface area contributed by atoms with Gasteiger partial charge in [0.15, 0.2) is 5.65 Å². The minimum atomic E-state index is -0.504. The summed E-state index contributed by atoms with van der Waals surface area (Å²) in [5, 5.41) is 14.7. The Bertz CT molecular complexity index is 911. The lowest BCUT2D eigenvalue weighted by Gasteiger charge is -1.99. The molecule has 3 aromatic rings. The number of carbonyl (C=O) groups excluding carboxylic acids is 1. The van der Waals surface area contributed by atoms with Crippen molar-refractivity contribution in [1.82, 2.24) is 30.0 Å². The van der Waals surface area contributed by atoms with Crippen molar-refractivity contribution in [3.05, 3.63) is 35.1 Å². The van der Waals surface area contributed by atoms with E-state index in [2.05, 4.69) is 25.4 Å². The number of pyridine rings is 1. The fraction of sp³-hybridized carbons (Fsp3) is 0.0833. The lowest BCUT2D eigenvalue weighted by atomic mass is 10.1. The molecule has 0 saturated heterocycles. The summed E-state index contributed by atoms with van der Waals surface area (Å²) in [6.45, 7) is -0.0986. The van der Waals surface area contributed by atoms with E-state index in [1.54, 1.807) is 12.3 Å². The molecular weight excluding hydrogens is 274 g/mol. The molecule has 0 aliphatic heterocycles. The van der Waals surface area contributed by atoms with Gasteiger partial charge in [0.05, 0.1) is 17.8 Å². The first kappa shape index (κ1) is 12.6. The third kappa shape index (κ3) is 2.25. The van der Waals surface area contributed by atoms with E-state index in [4.69, 9.17) is 5.26 Å². The largest absolute Gasteiger partial charge is 0.342 e. The number of nitrogens with one attached hydrogen (secondary N) is 3. The number of imidazole rings is 1. The summed E-state index contributed by atoms with van der Waals surface area (Å²) < 4.78 is 1.09. The molecule has 0 fully saturated rings. The third-order valence-corrected chi connectivity index (χ3v) is 2.84. The highest BCUT2D eigenvalue weighted by atomic mass is 16.2. The molecule has 0 bridgehead atoms. The summed E-state index contributed by atoms with van der Waals surface area (Å²) in [5.74, 6) is 0. The fourth-order valence-corrected chi connectivity index (χ4v) is 1.95. The monoisotopic (exact) mass is 283 g/mol. The van der Waals surface area contributed by atoms with Crippen LogP contribution in [0.5, 0.6) is 0 Å². The Labute approximate surface area is 117 Å². The molecule has 0 unspecified atom stereocenters. The van der Waals surface area contributed by atoms with Crippen LogP contribution in [0, 0.1) is 11.3 Å². The molecular formula is C12H9N7O2. The molecule has 9 heteroatoms. The first-order valence-corrected chi connectivity index (χ1v) is 5.96. The maximum absolute atomic E-state index is 11.7. The predicted molar refractivity (Wildman–Crippen MR) is 72.3 cm³/mol.